The molecule has 4 N–H and O–H groups in total. The SMILES string of the molecule is C[C@@H]1CN(c2cc(F)c(-c3cnc4c(c3)CCN4)cc2NC(=O)c2c[nH]c(=O)cc2C(F)(F)F)C[C@H](C)N1. The van der Waals surface area contributed by atoms with Crippen LogP contribution in [0.5, 0.6) is 0 Å². The van der Waals surface area contributed by atoms with Crippen molar-refractivity contribution in [1.82, 2.24) is 15.3 Å². The summed E-state index contributed by atoms with van der Waals surface area (Å²) in [7, 11) is 0. The normalized spacial score (nSPS) is 19.2. The molecule has 12 heteroatoms. The van der Waals surface area contributed by atoms with E-state index >= 15 is 4.39 Å². The molecular weight excluding hydrogens is 504 g/mol. The molecule has 38 heavy (non-hydrogen) atoms. The predicted molar refractivity (Wildman–Crippen MR) is 136 cm³/mol. The van der Waals surface area contributed by atoms with Gasteiger partial charge in [0.15, 0.2) is 0 Å². The van der Waals surface area contributed by atoms with Crippen molar-refractivity contribution in [3.8, 4) is 11.1 Å². The van der Waals surface area contributed by atoms with Gasteiger partial charge in [0.1, 0.15) is 11.6 Å². The summed E-state index contributed by atoms with van der Waals surface area (Å²) in [6.45, 7) is 5.63. The van der Waals surface area contributed by atoms with E-state index in [4.69, 9.17) is 0 Å². The summed E-state index contributed by atoms with van der Waals surface area (Å²) in [5, 5.41) is 9.07. The van der Waals surface area contributed by atoms with Gasteiger partial charge in [-0.25, -0.2) is 9.37 Å². The molecule has 200 valence electrons. The third-order valence-corrected chi connectivity index (χ3v) is 6.67. The number of carbonyl (C=O) groups excluding carboxylic acids is 1. The molecule has 2 atom stereocenters. The maximum atomic E-state index is 15.6. The molecule has 1 fully saturated rings. The maximum absolute atomic E-state index is 15.6. The van der Waals surface area contributed by atoms with Crippen molar-refractivity contribution in [1.29, 1.82) is 0 Å². The zero-order chi connectivity index (χ0) is 27.2. The molecule has 0 unspecified atom stereocenters. The first kappa shape index (κ1) is 25.7. The molecule has 8 nitrogen and oxygen atoms in total. The quantitative estimate of drug-likeness (QED) is 0.381. The fourth-order valence-corrected chi connectivity index (χ4v) is 5.08. The third kappa shape index (κ3) is 5.08. The second kappa shape index (κ2) is 9.75. The zero-order valence-corrected chi connectivity index (χ0v) is 20.7. The number of H-pyrrole nitrogens is 1. The minimum Gasteiger partial charge on any atom is -0.370 e. The van der Waals surface area contributed by atoms with Crippen molar-refractivity contribution in [2.24, 2.45) is 0 Å². The zero-order valence-electron chi connectivity index (χ0n) is 20.7. The summed E-state index contributed by atoms with van der Waals surface area (Å²) in [5.41, 5.74) is -1.05. The van der Waals surface area contributed by atoms with Gasteiger partial charge in [-0.1, -0.05) is 0 Å². The predicted octanol–water partition coefficient (Wildman–Crippen LogP) is 4.00. The largest absolute Gasteiger partial charge is 0.417 e. The van der Waals surface area contributed by atoms with Crippen LogP contribution in [-0.4, -0.2) is 47.6 Å². The van der Waals surface area contributed by atoms with Crippen molar-refractivity contribution in [2.75, 3.05) is 35.2 Å². The van der Waals surface area contributed by atoms with Gasteiger partial charge in [-0.15, -0.1) is 0 Å². The van der Waals surface area contributed by atoms with Crippen LogP contribution >= 0.6 is 0 Å². The van der Waals surface area contributed by atoms with E-state index in [1.165, 1.54) is 18.3 Å². The number of piperazine rings is 1. The Morgan fingerprint density at radius 1 is 1.13 bits per heavy atom. The maximum Gasteiger partial charge on any atom is 0.417 e. The minimum absolute atomic E-state index is 0.0504. The van der Waals surface area contributed by atoms with Gasteiger partial charge in [0.2, 0.25) is 5.56 Å². The van der Waals surface area contributed by atoms with E-state index in [1.807, 2.05) is 24.8 Å². The lowest BCUT2D eigenvalue weighted by molar-refractivity contribution is -0.138. The number of amides is 1. The second-order valence-corrected chi connectivity index (χ2v) is 9.71. The molecule has 0 spiro atoms. The van der Waals surface area contributed by atoms with Crippen molar-refractivity contribution >= 4 is 23.1 Å². The number of pyridine rings is 2. The highest BCUT2D eigenvalue weighted by molar-refractivity contribution is 6.07. The van der Waals surface area contributed by atoms with Gasteiger partial charge in [-0.05, 0) is 44.0 Å². The molecule has 2 aromatic heterocycles. The summed E-state index contributed by atoms with van der Waals surface area (Å²) in [6.07, 6.45) is -1.95. The van der Waals surface area contributed by atoms with Crippen molar-refractivity contribution in [3.05, 3.63) is 69.5 Å². The van der Waals surface area contributed by atoms with E-state index in [1.54, 1.807) is 0 Å². The van der Waals surface area contributed by atoms with Crippen LogP contribution in [-0.2, 0) is 12.6 Å². The molecule has 0 bridgehead atoms. The third-order valence-electron chi connectivity index (χ3n) is 6.67. The van der Waals surface area contributed by atoms with Crippen molar-refractivity contribution < 1.29 is 22.4 Å². The first-order valence-corrected chi connectivity index (χ1v) is 12.2. The number of anilines is 3. The lowest BCUT2D eigenvalue weighted by Gasteiger charge is -2.38. The van der Waals surface area contributed by atoms with Crippen LogP contribution < -0.4 is 26.4 Å². The second-order valence-electron chi connectivity index (χ2n) is 9.71. The summed E-state index contributed by atoms with van der Waals surface area (Å²) in [6, 6.07) is 4.97. The number of nitrogens with zero attached hydrogens (tertiary/aromatic N) is 2. The van der Waals surface area contributed by atoms with E-state index in [9.17, 15) is 22.8 Å². The molecule has 0 radical (unpaired) electrons. The molecule has 0 saturated carbocycles. The lowest BCUT2D eigenvalue weighted by Crippen LogP contribution is -2.54. The average Bonchev–Trinajstić information content (AvgIpc) is 3.31. The Balaban J connectivity index is 1.59. The molecule has 0 aliphatic carbocycles. The number of aromatic nitrogens is 2. The van der Waals surface area contributed by atoms with Gasteiger partial charge in [0, 0.05) is 61.3 Å². The Bertz CT molecular complexity index is 1440. The number of hydrogen-bond donors (Lipinski definition) is 4. The van der Waals surface area contributed by atoms with Crippen LogP contribution in [0, 0.1) is 5.82 Å². The van der Waals surface area contributed by atoms with Crippen LogP contribution in [0.3, 0.4) is 0 Å². The highest BCUT2D eigenvalue weighted by Crippen LogP contribution is 2.37. The van der Waals surface area contributed by atoms with Gasteiger partial charge >= 0.3 is 6.18 Å². The average molecular weight is 531 g/mol. The van der Waals surface area contributed by atoms with Crippen LogP contribution in [0.15, 0.2) is 41.5 Å². The van der Waals surface area contributed by atoms with Gasteiger partial charge in [0.05, 0.1) is 22.5 Å². The Morgan fingerprint density at radius 2 is 1.87 bits per heavy atom. The molecule has 1 saturated heterocycles. The minimum atomic E-state index is -4.93. The Hall–Kier alpha value is -3.93. The molecule has 4 heterocycles. The lowest BCUT2D eigenvalue weighted by atomic mass is 10.0. The molecule has 3 aromatic rings. The number of nitrogens with one attached hydrogen (secondary N) is 4. The number of hydrogen-bond acceptors (Lipinski definition) is 6. The Morgan fingerprint density at radius 3 is 2.58 bits per heavy atom. The summed E-state index contributed by atoms with van der Waals surface area (Å²) >= 11 is 0. The summed E-state index contributed by atoms with van der Waals surface area (Å²) < 4.78 is 56.4. The number of fused-ring (bicyclic) bond motifs is 1. The smallest absolute Gasteiger partial charge is 0.370 e. The summed E-state index contributed by atoms with van der Waals surface area (Å²) in [4.78, 5) is 33.1. The standard InChI is InChI=1S/C26H26F4N6O2/c1-13-11-36(12-14(2)34-13)22-8-20(27)17(16-5-15-3-4-31-24(15)33-9-16)6-21(22)35-25(38)18-10-32-23(37)7-19(18)26(28,29)30/h5-10,13-14,34H,3-4,11-12H2,1-2H3,(H,31,33)(H,32,37)(H,35,38)/t13-,14+. The van der Waals surface area contributed by atoms with Crippen LogP contribution in [0.1, 0.15) is 35.3 Å². The van der Waals surface area contributed by atoms with E-state index in [0.29, 0.717) is 37.0 Å². The van der Waals surface area contributed by atoms with Crippen LogP contribution in [0.4, 0.5) is 34.8 Å². The fraction of sp³-hybridized carbons (Fsp3) is 0.346. The monoisotopic (exact) mass is 530 g/mol. The number of benzene rings is 1. The molecule has 2 aliphatic rings. The number of carbonyl (C=O) groups is 1. The van der Waals surface area contributed by atoms with E-state index in [-0.39, 0.29) is 23.3 Å². The number of rotatable bonds is 4. The Labute approximate surface area is 215 Å². The molecule has 2 aliphatic heterocycles. The summed E-state index contributed by atoms with van der Waals surface area (Å²) in [5.74, 6) is -0.912. The number of alkyl halides is 3. The van der Waals surface area contributed by atoms with Gasteiger partial charge in [-0.3, -0.25) is 9.59 Å². The number of halogens is 4. The fourth-order valence-electron chi connectivity index (χ4n) is 5.08. The van der Waals surface area contributed by atoms with Crippen LogP contribution in [0.2, 0.25) is 0 Å². The van der Waals surface area contributed by atoms with E-state index in [0.717, 1.165) is 24.0 Å². The van der Waals surface area contributed by atoms with Gasteiger partial charge in [-0.2, -0.15) is 13.2 Å². The highest BCUT2D eigenvalue weighted by atomic mass is 19.4. The van der Waals surface area contributed by atoms with Gasteiger partial charge in [0.25, 0.3) is 5.91 Å². The molecule has 1 amide bonds. The van der Waals surface area contributed by atoms with Crippen molar-refractivity contribution in [2.45, 2.75) is 38.5 Å². The van der Waals surface area contributed by atoms with E-state index < -0.39 is 34.6 Å². The highest BCUT2D eigenvalue weighted by Gasteiger charge is 2.36. The first-order chi connectivity index (χ1) is 18.0. The van der Waals surface area contributed by atoms with E-state index in [2.05, 4.69) is 25.9 Å². The van der Waals surface area contributed by atoms with Gasteiger partial charge < -0.3 is 25.8 Å². The topological polar surface area (TPSA) is 102 Å². The van der Waals surface area contributed by atoms with Crippen LogP contribution in [0.25, 0.3) is 11.1 Å². The first-order valence-electron chi connectivity index (χ1n) is 12.2. The number of aromatic amines is 1. The molecular formula is C26H26F4N6O2. The molecule has 1 aromatic carbocycles. The molecule has 5 rings (SSSR count). The Kier molecular flexibility index (Phi) is 6.59. The van der Waals surface area contributed by atoms with Crippen molar-refractivity contribution in [3.63, 3.8) is 0 Å².